The zero-order chi connectivity index (χ0) is 17.1. The fourth-order valence-corrected chi connectivity index (χ4v) is 2.82. The van der Waals surface area contributed by atoms with Gasteiger partial charge in [-0.3, -0.25) is 10.2 Å². The Hall–Kier alpha value is -2.73. The summed E-state index contributed by atoms with van der Waals surface area (Å²) < 4.78 is 10.7. The van der Waals surface area contributed by atoms with Gasteiger partial charge in [-0.15, -0.1) is 11.8 Å². The average Bonchev–Trinajstić information content (AvgIpc) is 2.60. The van der Waals surface area contributed by atoms with Gasteiger partial charge in [0, 0.05) is 16.0 Å². The van der Waals surface area contributed by atoms with Crippen molar-refractivity contribution in [2.24, 2.45) is 0 Å². The van der Waals surface area contributed by atoms with Crippen LogP contribution in [-0.2, 0) is 0 Å². The van der Waals surface area contributed by atoms with Crippen molar-refractivity contribution in [3.63, 3.8) is 0 Å². The minimum Gasteiger partial charge on any atom is -0.493 e. The number of hydrogen-bond acceptors (Lipinski definition) is 5. The molecule has 2 N–H and O–H groups in total. The molecule has 1 aromatic heterocycles. The SMILES string of the molecule is COc1cccc2cc(C(=O)Nc3cccc(SC)c3)c(=N)oc12. The molecule has 0 spiro atoms. The van der Waals surface area contributed by atoms with Gasteiger partial charge in [-0.25, -0.2) is 0 Å². The van der Waals surface area contributed by atoms with E-state index >= 15 is 0 Å². The van der Waals surface area contributed by atoms with Crippen LogP contribution in [0, 0.1) is 5.41 Å². The number of thioether (sulfide) groups is 1. The van der Waals surface area contributed by atoms with Gasteiger partial charge < -0.3 is 14.5 Å². The number of benzene rings is 2. The van der Waals surface area contributed by atoms with Crippen molar-refractivity contribution < 1.29 is 13.9 Å². The van der Waals surface area contributed by atoms with Gasteiger partial charge in [0.2, 0.25) is 5.55 Å². The Kier molecular flexibility index (Phi) is 4.57. The zero-order valence-corrected chi connectivity index (χ0v) is 14.1. The van der Waals surface area contributed by atoms with Gasteiger partial charge in [0.15, 0.2) is 11.3 Å². The van der Waals surface area contributed by atoms with Gasteiger partial charge in [-0.2, -0.15) is 0 Å². The molecule has 3 rings (SSSR count). The quantitative estimate of drug-likeness (QED) is 0.707. The maximum atomic E-state index is 12.5. The molecule has 1 heterocycles. The number of hydrogen-bond donors (Lipinski definition) is 2. The molecule has 24 heavy (non-hydrogen) atoms. The van der Waals surface area contributed by atoms with Crippen LogP contribution >= 0.6 is 11.8 Å². The van der Waals surface area contributed by atoms with E-state index < -0.39 is 0 Å². The van der Waals surface area contributed by atoms with Crippen LogP contribution in [0.5, 0.6) is 5.75 Å². The Morgan fingerprint density at radius 2 is 2.00 bits per heavy atom. The van der Waals surface area contributed by atoms with Crippen LogP contribution in [0.2, 0.25) is 0 Å². The molecule has 0 atom stereocenters. The highest BCUT2D eigenvalue weighted by molar-refractivity contribution is 7.98. The van der Waals surface area contributed by atoms with Crippen LogP contribution in [0.3, 0.4) is 0 Å². The van der Waals surface area contributed by atoms with Crippen molar-refractivity contribution >= 4 is 34.3 Å². The van der Waals surface area contributed by atoms with Crippen LogP contribution in [0.1, 0.15) is 10.4 Å². The number of methoxy groups -OCH3 is 1. The second-order valence-electron chi connectivity index (χ2n) is 5.05. The summed E-state index contributed by atoms with van der Waals surface area (Å²) in [5.41, 5.74) is 1.10. The third kappa shape index (κ3) is 3.14. The highest BCUT2D eigenvalue weighted by Gasteiger charge is 2.14. The molecule has 0 aliphatic rings. The average molecular weight is 340 g/mol. The van der Waals surface area contributed by atoms with Crippen molar-refractivity contribution in [3.8, 4) is 5.75 Å². The van der Waals surface area contributed by atoms with E-state index in [2.05, 4.69) is 5.32 Å². The third-order valence-electron chi connectivity index (χ3n) is 3.55. The summed E-state index contributed by atoms with van der Waals surface area (Å²) in [6, 6.07) is 14.5. The second-order valence-corrected chi connectivity index (χ2v) is 5.93. The molecular weight excluding hydrogens is 324 g/mol. The molecule has 5 nitrogen and oxygen atoms in total. The maximum Gasteiger partial charge on any atom is 0.261 e. The Morgan fingerprint density at radius 1 is 1.21 bits per heavy atom. The molecule has 0 fully saturated rings. The molecule has 6 heteroatoms. The van der Waals surface area contributed by atoms with E-state index in [4.69, 9.17) is 14.6 Å². The molecule has 0 radical (unpaired) electrons. The highest BCUT2D eigenvalue weighted by atomic mass is 32.2. The Bertz CT molecular complexity index is 966. The smallest absolute Gasteiger partial charge is 0.261 e. The summed E-state index contributed by atoms with van der Waals surface area (Å²) in [5.74, 6) is 0.146. The van der Waals surface area contributed by atoms with Crippen LogP contribution in [0.25, 0.3) is 11.0 Å². The van der Waals surface area contributed by atoms with E-state index in [0.717, 1.165) is 4.90 Å². The standard InChI is InChI=1S/C18H16N2O3S/c1-22-15-8-3-5-11-9-14(17(19)23-16(11)15)18(21)20-12-6-4-7-13(10-12)24-2/h3-10,19H,1-2H3,(H,20,21). The number of amides is 1. The number of carbonyl (C=O) groups is 1. The molecule has 0 aliphatic heterocycles. The first-order valence-electron chi connectivity index (χ1n) is 7.23. The first-order valence-corrected chi connectivity index (χ1v) is 8.45. The van der Waals surface area contributed by atoms with Crippen molar-refractivity contribution in [2.45, 2.75) is 4.90 Å². The fraction of sp³-hybridized carbons (Fsp3) is 0.111. The lowest BCUT2D eigenvalue weighted by Gasteiger charge is -2.08. The molecule has 0 saturated carbocycles. The second kappa shape index (κ2) is 6.80. The number of anilines is 1. The summed E-state index contributed by atoms with van der Waals surface area (Å²) in [6.45, 7) is 0. The van der Waals surface area contributed by atoms with Gasteiger partial charge in [-0.1, -0.05) is 18.2 Å². The Balaban J connectivity index is 1.98. The molecule has 0 bridgehead atoms. The largest absolute Gasteiger partial charge is 0.493 e. The van der Waals surface area contributed by atoms with E-state index in [9.17, 15) is 4.79 Å². The summed E-state index contributed by atoms with van der Waals surface area (Å²) in [7, 11) is 1.53. The van der Waals surface area contributed by atoms with Gasteiger partial charge in [-0.05, 0) is 36.6 Å². The van der Waals surface area contributed by atoms with Crippen molar-refractivity contribution in [3.05, 3.63) is 59.6 Å². The van der Waals surface area contributed by atoms with E-state index in [1.54, 1.807) is 23.9 Å². The summed E-state index contributed by atoms with van der Waals surface area (Å²) >= 11 is 1.59. The highest BCUT2D eigenvalue weighted by Crippen LogP contribution is 2.25. The lowest BCUT2D eigenvalue weighted by atomic mass is 10.1. The topological polar surface area (TPSA) is 75.3 Å². The van der Waals surface area contributed by atoms with Crippen molar-refractivity contribution in [2.75, 3.05) is 18.7 Å². The number of nitrogens with one attached hydrogen (secondary N) is 2. The van der Waals surface area contributed by atoms with Crippen LogP contribution in [0.4, 0.5) is 5.69 Å². The van der Waals surface area contributed by atoms with Gasteiger partial charge in [0.25, 0.3) is 5.91 Å². The lowest BCUT2D eigenvalue weighted by molar-refractivity contribution is 0.102. The van der Waals surface area contributed by atoms with E-state index in [1.165, 1.54) is 7.11 Å². The molecule has 2 aromatic carbocycles. The normalized spacial score (nSPS) is 10.6. The number of ether oxygens (including phenoxy) is 1. The molecule has 0 aliphatic carbocycles. The van der Waals surface area contributed by atoms with Crippen LogP contribution in [0.15, 0.2) is 57.8 Å². The van der Waals surface area contributed by atoms with E-state index in [0.29, 0.717) is 22.4 Å². The zero-order valence-electron chi connectivity index (χ0n) is 13.3. The first kappa shape index (κ1) is 16.1. The maximum absolute atomic E-state index is 12.5. The van der Waals surface area contributed by atoms with Crippen LogP contribution < -0.4 is 15.6 Å². The molecule has 1 amide bonds. The third-order valence-corrected chi connectivity index (χ3v) is 4.28. The summed E-state index contributed by atoms with van der Waals surface area (Å²) in [4.78, 5) is 13.6. The number of para-hydroxylation sites is 1. The minimum atomic E-state index is -0.383. The Morgan fingerprint density at radius 3 is 2.75 bits per heavy atom. The van der Waals surface area contributed by atoms with Gasteiger partial charge >= 0.3 is 0 Å². The monoisotopic (exact) mass is 340 g/mol. The first-order chi connectivity index (χ1) is 11.6. The predicted molar refractivity (Wildman–Crippen MR) is 94.8 cm³/mol. The minimum absolute atomic E-state index is 0.172. The van der Waals surface area contributed by atoms with Crippen molar-refractivity contribution in [1.29, 1.82) is 5.41 Å². The summed E-state index contributed by atoms with van der Waals surface area (Å²) in [6.07, 6.45) is 1.97. The lowest BCUT2D eigenvalue weighted by Crippen LogP contribution is -2.20. The number of rotatable bonds is 4. The van der Waals surface area contributed by atoms with Gasteiger partial charge in [0.1, 0.15) is 5.56 Å². The fourth-order valence-electron chi connectivity index (χ4n) is 2.36. The number of fused-ring (bicyclic) bond motifs is 1. The van der Waals surface area contributed by atoms with Crippen LogP contribution in [-0.4, -0.2) is 19.3 Å². The van der Waals surface area contributed by atoms with E-state index in [1.807, 2.05) is 42.7 Å². The molecule has 122 valence electrons. The summed E-state index contributed by atoms with van der Waals surface area (Å²) in [5, 5.41) is 11.5. The van der Waals surface area contributed by atoms with Gasteiger partial charge in [0.05, 0.1) is 7.11 Å². The predicted octanol–water partition coefficient (Wildman–Crippen LogP) is 3.90. The molecule has 0 unspecified atom stereocenters. The Labute approximate surface area is 143 Å². The molecular formula is C18H16N2O3S. The molecule has 3 aromatic rings. The number of carbonyl (C=O) groups excluding carboxylic acids is 1. The van der Waals surface area contributed by atoms with Crippen molar-refractivity contribution in [1.82, 2.24) is 0 Å². The van der Waals surface area contributed by atoms with E-state index in [-0.39, 0.29) is 17.0 Å². The molecule has 0 saturated heterocycles.